The number of halogens is 3. The first-order valence-corrected chi connectivity index (χ1v) is 12.9. The van der Waals surface area contributed by atoms with Crippen LogP contribution in [0.25, 0.3) is 21.8 Å². The van der Waals surface area contributed by atoms with Crippen LogP contribution in [0.4, 0.5) is 19.0 Å². The lowest BCUT2D eigenvalue weighted by Gasteiger charge is -2.45. The van der Waals surface area contributed by atoms with Gasteiger partial charge in [0.05, 0.1) is 35.3 Å². The number of rotatable bonds is 3. The Kier molecular flexibility index (Phi) is 5.39. The van der Waals surface area contributed by atoms with Gasteiger partial charge in [0.25, 0.3) is 0 Å². The van der Waals surface area contributed by atoms with Gasteiger partial charge >= 0.3 is 0 Å². The highest BCUT2D eigenvalue weighted by Crippen LogP contribution is 2.41. The van der Waals surface area contributed by atoms with E-state index in [2.05, 4.69) is 9.97 Å². The summed E-state index contributed by atoms with van der Waals surface area (Å²) < 4.78 is 77.6. The number of sulfonamides is 1. The lowest BCUT2D eigenvalue weighted by atomic mass is 9.98. The van der Waals surface area contributed by atoms with Crippen LogP contribution in [0.3, 0.4) is 0 Å². The van der Waals surface area contributed by atoms with E-state index >= 15 is 4.39 Å². The Bertz CT molecular complexity index is 1600. The third-order valence-corrected chi connectivity index (χ3v) is 8.88. The average Bonchev–Trinajstić information content (AvgIpc) is 3.31. The zero-order valence-electron chi connectivity index (χ0n) is 18.9. The molecule has 3 aromatic carbocycles. The Labute approximate surface area is 205 Å². The highest BCUT2D eigenvalue weighted by molar-refractivity contribution is 7.89. The Morgan fingerprint density at radius 1 is 1.00 bits per heavy atom. The number of hydrogen-bond donors (Lipinski definition) is 0. The minimum atomic E-state index is -4.08. The monoisotopic (exact) mass is 514 g/mol. The molecule has 1 aromatic heterocycles. The highest BCUT2D eigenvalue weighted by Gasteiger charge is 2.57. The second-order valence-electron chi connectivity index (χ2n) is 8.89. The number of anilines is 1. The first-order valence-electron chi connectivity index (χ1n) is 11.4. The van der Waals surface area contributed by atoms with Crippen LogP contribution in [0.2, 0.25) is 0 Å². The van der Waals surface area contributed by atoms with Crippen molar-refractivity contribution in [2.24, 2.45) is 0 Å². The predicted molar refractivity (Wildman–Crippen MR) is 128 cm³/mol. The lowest BCUT2D eigenvalue weighted by Crippen LogP contribution is -2.62. The zero-order valence-corrected chi connectivity index (χ0v) is 19.8. The summed E-state index contributed by atoms with van der Waals surface area (Å²) in [5.74, 6) is -1.80. The Morgan fingerprint density at radius 3 is 2.56 bits per heavy atom. The summed E-state index contributed by atoms with van der Waals surface area (Å²) in [4.78, 5) is 10.2. The maximum atomic E-state index is 15.9. The summed E-state index contributed by atoms with van der Waals surface area (Å²) in [6.45, 7) is 0.134. The SMILES string of the molecule is O=S(=O)(c1cccc2ccccc12)N1CCO[C@]12CCN(c1cnc3cc(F)c(F)cc3n1)C[C@H]2F. The molecule has 4 aromatic rings. The fourth-order valence-electron chi connectivity index (χ4n) is 5.11. The molecule has 2 fully saturated rings. The van der Waals surface area contributed by atoms with Gasteiger partial charge in [0, 0.05) is 37.0 Å². The van der Waals surface area contributed by atoms with Crippen LogP contribution in [0.1, 0.15) is 6.42 Å². The molecule has 6 rings (SSSR count). The molecule has 3 heterocycles. The number of alkyl halides is 1. The highest BCUT2D eigenvalue weighted by atomic mass is 32.2. The lowest BCUT2D eigenvalue weighted by molar-refractivity contribution is -0.116. The molecular formula is C25H21F3N4O3S. The first kappa shape index (κ1) is 23.1. The van der Waals surface area contributed by atoms with Crippen molar-refractivity contribution < 1.29 is 26.3 Å². The van der Waals surface area contributed by atoms with Crippen LogP contribution in [0.15, 0.2) is 65.7 Å². The number of benzene rings is 3. The second-order valence-corrected chi connectivity index (χ2v) is 10.7. The van der Waals surface area contributed by atoms with Crippen LogP contribution in [0, 0.1) is 11.6 Å². The molecule has 0 bridgehead atoms. The van der Waals surface area contributed by atoms with Crippen molar-refractivity contribution in [1.29, 1.82) is 0 Å². The average molecular weight is 515 g/mol. The van der Waals surface area contributed by atoms with Crippen molar-refractivity contribution in [2.75, 3.05) is 31.1 Å². The normalized spacial score (nSPS) is 23.2. The Balaban J connectivity index is 1.31. The largest absolute Gasteiger partial charge is 0.355 e. The standard InChI is InChI=1S/C25H21F3N4O3S/c26-18-12-20-21(13-19(18)27)30-24(14-29-20)31-9-8-25(23(28)15-31)32(10-11-35-25)36(33,34)22-7-3-5-16-4-1-2-6-17(16)22/h1-7,12-14,23H,8-11,15H2/t23-,25+/m1/s1. The minimum Gasteiger partial charge on any atom is -0.355 e. The van der Waals surface area contributed by atoms with Crippen LogP contribution in [-0.4, -0.2) is 60.8 Å². The summed E-state index contributed by atoms with van der Waals surface area (Å²) in [6, 6.07) is 14.1. The molecule has 11 heteroatoms. The van der Waals surface area contributed by atoms with Crippen LogP contribution in [-0.2, 0) is 14.8 Å². The molecule has 36 heavy (non-hydrogen) atoms. The molecule has 0 saturated carbocycles. The third-order valence-electron chi connectivity index (χ3n) is 6.89. The maximum absolute atomic E-state index is 15.9. The van der Waals surface area contributed by atoms with Gasteiger partial charge in [-0.1, -0.05) is 36.4 Å². The van der Waals surface area contributed by atoms with Gasteiger partial charge in [0.15, 0.2) is 23.5 Å². The van der Waals surface area contributed by atoms with Crippen LogP contribution >= 0.6 is 0 Å². The number of piperidine rings is 1. The van der Waals surface area contributed by atoms with Crippen molar-refractivity contribution in [3.8, 4) is 0 Å². The molecule has 0 unspecified atom stereocenters. The molecule has 7 nitrogen and oxygen atoms in total. The van der Waals surface area contributed by atoms with Crippen molar-refractivity contribution in [3.63, 3.8) is 0 Å². The van der Waals surface area contributed by atoms with Gasteiger partial charge in [-0.15, -0.1) is 0 Å². The molecule has 2 atom stereocenters. The number of hydrogen-bond acceptors (Lipinski definition) is 6. The molecule has 2 aliphatic heterocycles. The summed E-state index contributed by atoms with van der Waals surface area (Å²) in [5.41, 5.74) is -1.33. The molecule has 186 valence electrons. The van der Waals surface area contributed by atoms with Gasteiger partial charge in [-0.05, 0) is 11.5 Å². The van der Waals surface area contributed by atoms with Gasteiger partial charge in [-0.3, -0.25) is 4.98 Å². The molecule has 2 aliphatic rings. The maximum Gasteiger partial charge on any atom is 0.246 e. The number of ether oxygens (including phenoxy) is 1. The van der Waals surface area contributed by atoms with Crippen molar-refractivity contribution in [3.05, 3.63) is 72.4 Å². The van der Waals surface area contributed by atoms with E-state index in [1.807, 2.05) is 18.2 Å². The van der Waals surface area contributed by atoms with Gasteiger partial charge in [0.1, 0.15) is 5.82 Å². The van der Waals surface area contributed by atoms with Crippen molar-refractivity contribution in [2.45, 2.75) is 23.2 Å². The van der Waals surface area contributed by atoms with E-state index in [0.29, 0.717) is 5.39 Å². The Morgan fingerprint density at radius 2 is 1.75 bits per heavy atom. The van der Waals surface area contributed by atoms with Crippen molar-refractivity contribution >= 4 is 37.6 Å². The van der Waals surface area contributed by atoms with E-state index in [1.54, 1.807) is 23.1 Å². The summed E-state index contributed by atoms with van der Waals surface area (Å²) in [5, 5.41) is 1.33. The predicted octanol–water partition coefficient (Wildman–Crippen LogP) is 4.03. The van der Waals surface area contributed by atoms with Gasteiger partial charge in [-0.2, -0.15) is 4.31 Å². The fourth-order valence-corrected chi connectivity index (χ4v) is 7.04. The van der Waals surface area contributed by atoms with Crippen LogP contribution < -0.4 is 4.90 Å². The zero-order chi connectivity index (χ0) is 25.1. The van der Waals surface area contributed by atoms with E-state index in [1.165, 1.54) is 12.3 Å². The molecule has 0 N–H and O–H groups in total. The number of nitrogens with zero attached hydrogens (tertiary/aromatic N) is 4. The van der Waals surface area contributed by atoms with Crippen molar-refractivity contribution in [1.82, 2.24) is 14.3 Å². The second kappa shape index (κ2) is 8.39. The summed E-state index contributed by atoms with van der Waals surface area (Å²) in [6.07, 6.45) is -0.277. The summed E-state index contributed by atoms with van der Waals surface area (Å²) in [7, 11) is -4.08. The van der Waals surface area contributed by atoms with Gasteiger partial charge in [-0.25, -0.2) is 26.6 Å². The van der Waals surface area contributed by atoms with E-state index in [-0.39, 0.29) is 54.4 Å². The smallest absolute Gasteiger partial charge is 0.246 e. The fraction of sp³-hybridized carbons (Fsp3) is 0.280. The number of fused-ring (bicyclic) bond motifs is 2. The van der Waals surface area contributed by atoms with Gasteiger partial charge < -0.3 is 9.64 Å². The molecule has 0 aliphatic carbocycles. The molecule has 2 saturated heterocycles. The van der Waals surface area contributed by atoms with E-state index in [9.17, 15) is 17.2 Å². The Hall–Kier alpha value is -3.28. The summed E-state index contributed by atoms with van der Waals surface area (Å²) >= 11 is 0. The molecule has 0 radical (unpaired) electrons. The van der Waals surface area contributed by atoms with E-state index < -0.39 is 33.6 Å². The quantitative estimate of drug-likeness (QED) is 0.411. The third kappa shape index (κ3) is 3.53. The topological polar surface area (TPSA) is 75.6 Å². The molecule has 0 amide bonds. The first-order chi connectivity index (χ1) is 17.3. The van der Waals surface area contributed by atoms with E-state index in [0.717, 1.165) is 21.8 Å². The number of aromatic nitrogens is 2. The van der Waals surface area contributed by atoms with Gasteiger partial charge in [0.2, 0.25) is 10.0 Å². The van der Waals surface area contributed by atoms with E-state index in [4.69, 9.17) is 4.74 Å². The van der Waals surface area contributed by atoms with Crippen LogP contribution in [0.5, 0.6) is 0 Å². The molecular weight excluding hydrogens is 493 g/mol. The molecule has 1 spiro atoms. The minimum absolute atomic E-state index is 0.0343.